The Kier molecular flexibility index (Phi) is 4.12. The second-order valence-electron chi connectivity index (χ2n) is 4.21. The average molecular weight is 273 g/mol. The number of hydrogen-bond acceptors (Lipinski definition) is 3. The SMILES string of the molecule is CSc1cccc(Nc2cc(C)ccc2C(=O)O)c1. The van der Waals surface area contributed by atoms with E-state index < -0.39 is 5.97 Å². The Balaban J connectivity index is 2.36. The standard InChI is InChI=1S/C15H15NO2S/c1-10-6-7-13(15(17)18)14(8-10)16-11-4-3-5-12(9-11)19-2/h3-9,16H,1-2H3,(H,17,18). The van der Waals surface area contributed by atoms with Crippen LogP contribution in [0.4, 0.5) is 11.4 Å². The van der Waals surface area contributed by atoms with Crippen LogP contribution in [0.2, 0.25) is 0 Å². The third kappa shape index (κ3) is 3.29. The fraction of sp³-hybridized carbons (Fsp3) is 0.133. The number of carboxylic acid groups (broad SMARTS) is 1. The second kappa shape index (κ2) is 5.80. The molecule has 0 spiro atoms. The maximum absolute atomic E-state index is 11.2. The molecule has 0 aromatic heterocycles. The summed E-state index contributed by atoms with van der Waals surface area (Å²) in [6.45, 7) is 1.94. The molecule has 0 aliphatic heterocycles. The highest BCUT2D eigenvalue weighted by Gasteiger charge is 2.10. The van der Waals surface area contributed by atoms with E-state index in [9.17, 15) is 9.90 Å². The molecule has 0 radical (unpaired) electrons. The quantitative estimate of drug-likeness (QED) is 0.821. The maximum atomic E-state index is 11.2. The van der Waals surface area contributed by atoms with Gasteiger partial charge in [0.25, 0.3) is 0 Å². The first-order chi connectivity index (χ1) is 9.10. The summed E-state index contributed by atoms with van der Waals surface area (Å²) >= 11 is 1.65. The Hall–Kier alpha value is -1.94. The fourth-order valence-electron chi connectivity index (χ4n) is 1.80. The predicted molar refractivity (Wildman–Crippen MR) is 79.6 cm³/mol. The molecule has 2 rings (SSSR count). The normalized spacial score (nSPS) is 10.2. The van der Waals surface area contributed by atoms with Crippen LogP contribution in [0.5, 0.6) is 0 Å². The third-order valence-electron chi connectivity index (χ3n) is 2.75. The van der Waals surface area contributed by atoms with Crippen molar-refractivity contribution in [3.8, 4) is 0 Å². The van der Waals surface area contributed by atoms with E-state index in [0.717, 1.165) is 16.1 Å². The topological polar surface area (TPSA) is 49.3 Å². The van der Waals surface area contributed by atoms with Crippen LogP contribution in [0, 0.1) is 6.92 Å². The number of anilines is 2. The van der Waals surface area contributed by atoms with Crippen molar-refractivity contribution in [2.45, 2.75) is 11.8 Å². The summed E-state index contributed by atoms with van der Waals surface area (Å²) in [5.41, 5.74) is 2.80. The number of aromatic carboxylic acids is 1. The lowest BCUT2D eigenvalue weighted by Gasteiger charge is -2.11. The molecule has 2 N–H and O–H groups in total. The van der Waals surface area contributed by atoms with Gasteiger partial charge in [-0.25, -0.2) is 4.79 Å². The lowest BCUT2D eigenvalue weighted by atomic mass is 10.1. The first kappa shape index (κ1) is 13.5. The van der Waals surface area contributed by atoms with Crippen LogP contribution in [0.1, 0.15) is 15.9 Å². The van der Waals surface area contributed by atoms with Crippen LogP contribution in [-0.2, 0) is 0 Å². The number of carboxylic acids is 1. The molecule has 4 heteroatoms. The van der Waals surface area contributed by atoms with Gasteiger partial charge < -0.3 is 10.4 Å². The zero-order valence-corrected chi connectivity index (χ0v) is 11.6. The minimum atomic E-state index is -0.927. The van der Waals surface area contributed by atoms with Gasteiger partial charge in [0.15, 0.2) is 0 Å². The van der Waals surface area contributed by atoms with Gasteiger partial charge in [-0.1, -0.05) is 12.1 Å². The molecule has 0 bridgehead atoms. The summed E-state index contributed by atoms with van der Waals surface area (Å²) in [4.78, 5) is 12.3. The van der Waals surface area contributed by atoms with E-state index in [1.54, 1.807) is 23.9 Å². The van der Waals surface area contributed by atoms with Crippen molar-refractivity contribution >= 4 is 29.1 Å². The zero-order chi connectivity index (χ0) is 13.8. The van der Waals surface area contributed by atoms with Crippen LogP contribution in [0.15, 0.2) is 47.4 Å². The Labute approximate surface area is 116 Å². The van der Waals surface area contributed by atoms with Gasteiger partial charge in [-0.15, -0.1) is 11.8 Å². The van der Waals surface area contributed by atoms with Crippen molar-refractivity contribution in [1.82, 2.24) is 0 Å². The highest BCUT2D eigenvalue weighted by Crippen LogP contribution is 2.25. The summed E-state index contributed by atoms with van der Waals surface area (Å²) in [7, 11) is 0. The molecule has 98 valence electrons. The number of hydrogen-bond donors (Lipinski definition) is 2. The van der Waals surface area contributed by atoms with Gasteiger partial charge in [-0.3, -0.25) is 0 Å². The van der Waals surface area contributed by atoms with E-state index in [1.807, 2.05) is 43.5 Å². The molecule has 0 atom stereocenters. The number of nitrogens with one attached hydrogen (secondary N) is 1. The van der Waals surface area contributed by atoms with Crippen LogP contribution in [0.3, 0.4) is 0 Å². The van der Waals surface area contributed by atoms with Gasteiger partial charge in [0.1, 0.15) is 0 Å². The summed E-state index contributed by atoms with van der Waals surface area (Å²) < 4.78 is 0. The largest absolute Gasteiger partial charge is 0.478 e. The van der Waals surface area contributed by atoms with E-state index in [4.69, 9.17) is 0 Å². The average Bonchev–Trinajstić information content (AvgIpc) is 2.38. The molecule has 2 aromatic rings. The molecular weight excluding hydrogens is 258 g/mol. The Morgan fingerprint density at radius 1 is 1.21 bits per heavy atom. The summed E-state index contributed by atoms with van der Waals surface area (Å²) in [6.07, 6.45) is 2.01. The smallest absolute Gasteiger partial charge is 0.337 e. The van der Waals surface area contributed by atoms with Crippen molar-refractivity contribution in [2.24, 2.45) is 0 Å². The molecule has 0 aliphatic rings. The van der Waals surface area contributed by atoms with E-state index >= 15 is 0 Å². The maximum Gasteiger partial charge on any atom is 0.337 e. The zero-order valence-electron chi connectivity index (χ0n) is 10.8. The van der Waals surface area contributed by atoms with E-state index in [-0.39, 0.29) is 5.56 Å². The van der Waals surface area contributed by atoms with E-state index in [0.29, 0.717) is 5.69 Å². The molecule has 3 nitrogen and oxygen atoms in total. The van der Waals surface area contributed by atoms with Gasteiger partial charge in [0, 0.05) is 10.6 Å². The summed E-state index contributed by atoms with van der Waals surface area (Å²) in [6, 6.07) is 13.2. The van der Waals surface area contributed by atoms with Crippen LogP contribution >= 0.6 is 11.8 Å². The van der Waals surface area contributed by atoms with Crippen molar-refractivity contribution in [2.75, 3.05) is 11.6 Å². The number of rotatable bonds is 4. The minimum absolute atomic E-state index is 0.278. The van der Waals surface area contributed by atoms with Gasteiger partial charge in [0.2, 0.25) is 0 Å². The van der Waals surface area contributed by atoms with Gasteiger partial charge >= 0.3 is 5.97 Å². The number of thioether (sulfide) groups is 1. The van der Waals surface area contributed by atoms with Gasteiger partial charge in [-0.05, 0) is 49.1 Å². The van der Waals surface area contributed by atoms with Crippen LogP contribution < -0.4 is 5.32 Å². The molecular formula is C15H15NO2S. The number of benzene rings is 2. The van der Waals surface area contributed by atoms with Gasteiger partial charge in [-0.2, -0.15) is 0 Å². The van der Waals surface area contributed by atoms with Crippen molar-refractivity contribution in [1.29, 1.82) is 0 Å². The Morgan fingerprint density at radius 2 is 2.00 bits per heavy atom. The predicted octanol–water partition coefficient (Wildman–Crippen LogP) is 4.16. The summed E-state index contributed by atoms with van der Waals surface area (Å²) in [5, 5.41) is 12.4. The first-order valence-corrected chi connectivity index (χ1v) is 7.07. The number of aryl methyl sites for hydroxylation is 1. The second-order valence-corrected chi connectivity index (χ2v) is 5.09. The Bertz CT molecular complexity index is 611. The van der Waals surface area contributed by atoms with Crippen molar-refractivity contribution < 1.29 is 9.90 Å². The third-order valence-corrected chi connectivity index (χ3v) is 3.48. The number of carbonyl (C=O) groups is 1. The Morgan fingerprint density at radius 3 is 2.68 bits per heavy atom. The highest BCUT2D eigenvalue weighted by molar-refractivity contribution is 7.98. The molecule has 0 aliphatic carbocycles. The summed E-state index contributed by atoms with van der Waals surface area (Å²) in [5.74, 6) is -0.927. The lowest BCUT2D eigenvalue weighted by molar-refractivity contribution is 0.0698. The lowest BCUT2D eigenvalue weighted by Crippen LogP contribution is -2.03. The fourth-order valence-corrected chi connectivity index (χ4v) is 2.26. The molecule has 0 heterocycles. The minimum Gasteiger partial charge on any atom is -0.478 e. The van der Waals surface area contributed by atoms with Gasteiger partial charge in [0.05, 0.1) is 11.3 Å². The van der Waals surface area contributed by atoms with E-state index in [1.165, 1.54) is 0 Å². The van der Waals surface area contributed by atoms with E-state index in [2.05, 4.69) is 5.32 Å². The molecule has 0 unspecified atom stereocenters. The molecule has 19 heavy (non-hydrogen) atoms. The molecule has 0 fully saturated rings. The molecule has 0 amide bonds. The molecule has 0 saturated heterocycles. The van der Waals surface area contributed by atoms with Crippen LogP contribution in [-0.4, -0.2) is 17.3 Å². The molecule has 2 aromatic carbocycles. The van der Waals surface area contributed by atoms with Crippen molar-refractivity contribution in [3.63, 3.8) is 0 Å². The highest BCUT2D eigenvalue weighted by atomic mass is 32.2. The van der Waals surface area contributed by atoms with Crippen molar-refractivity contribution in [3.05, 3.63) is 53.6 Å². The monoisotopic (exact) mass is 273 g/mol. The van der Waals surface area contributed by atoms with Crippen LogP contribution in [0.25, 0.3) is 0 Å². The first-order valence-electron chi connectivity index (χ1n) is 5.85. The molecule has 0 saturated carbocycles.